The highest BCUT2D eigenvalue weighted by Gasteiger charge is 2.23. The van der Waals surface area contributed by atoms with Crippen molar-refractivity contribution in [2.75, 3.05) is 32.1 Å². The van der Waals surface area contributed by atoms with Crippen LogP contribution < -0.4 is 4.90 Å². The number of hydrogen-bond acceptors (Lipinski definition) is 4. The second kappa shape index (κ2) is 6.15. The SMILES string of the molecule is CCC(=O)c1cc(S(=O)(=O)N(C)C)ccc1N1CCCC1. The minimum atomic E-state index is -3.52. The first-order chi connectivity index (χ1) is 9.87. The van der Waals surface area contributed by atoms with Crippen LogP contribution in [0.2, 0.25) is 0 Å². The number of anilines is 1. The molecule has 0 amide bonds. The average Bonchev–Trinajstić information content (AvgIpc) is 2.99. The van der Waals surface area contributed by atoms with Gasteiger partial charge in [-0.2, -0.15) is 0 Å². The lowest BCUT2D eigenvalue weighted by molar-refractivity contribution is 0.0988. The van der Waals surface area contributed by atoms with Crippen LogP contribution in [0.3, 0.4) is 0 Å². The van der Waals surface area contributed by atoms with Crippen LogP contribution in [-0.4, -0.2) is 45.7 Å². The second-order valence-electron chi connectivity index (χ2n) is 5.44. The molecule has 0 radical (unpaired) electrons. The third kappa shape index (κ3) is 3.11. The number of rotatable bonds is 5. The van der Waals surface area contributed by atoms with Crippen molar-refractivity contribution in [1.82, 2.24) is 4.31 Å². The molecule has 1 heterocycles. The average molecular weight is 310 g/mol. The van der Waals surface area contributed by atoms with Crippen molar-refractivity contribution in [2.45, 2.75) is 31.1 Å². The highest BCUT2D eigenvalue weighted by molar-refractivity contribution is 7.89. The van der Waals surface area contributed by atoms with Gasteiger partial charge in [-0.05, 0) is 31.0 Å². The van der Waals surface area contributed by atoms with Crippen LogP contribution in [0.4, 0.5) is 5.69 Å². The van der Waals surface area contributed by atoms with E-state index in [-0.39, 0.29) is 10.7 Å². The fourth-order valence-corrected chi connectivity index (χ4v) is 3.46. The van der Waals surface area contributed by atoms with Crippen molar-refractivity contribution in [2.24, 2.45) is 0 Å². The van der Waals surface area contributed by atoms with Crippen LogP contribution >= 0.6 is 0 Å². The maximum atomic E-state index is 12.2. The Bertz CT molecular complexity index is 632. The van der Waals surface area contributed by atoms with E-state index in [9.17, 15) is 13.2 Å². The fraction of sp³-hybridized carbons (Fsp3) is 0.533. The number of hydrogen-bond donors (Lipinski definition) is 0. The Balaban J connectivity index is 2.52. The van der Waals surface area contributed by atoms with Gasteiger partial charge in [0.25, 0.3) is 0 Å². The fourth-order valence-electron chi connectivity index (χ4n) is 2.53. The van der Waals surface area contributed by atoms with Crippen molar-refractivity contribution in [1.29, 1.82) is 0 Å². The molecule has 116 valence electrons. The highest BCUT2D eigenvalue weighted by Crippen LogP contribution is 2.28. The number of ketones is 1. The number of Topliss-reactive ketones (excluding diaryl/α,β-unsaturated/α-hetero) is 1. The van der Waals surface area contributed by atoms with Gasteiger partial charge >= 0.3 is 0 Å². The van der Waals surface area contributed by atoms with Gasteiger partial charge in [0.05, 0.1) is 4.90 Å². The first kappa shape index (κ1) is 16.0. The minimum Gasteiger partial charge on any atom is -0.371 e. The van der Waals surface area contributed by atoms with Crippen molar-refractivity contribution in [3.8, 4) is 0 Å². The van der Waals surface area contributed by atoms with Crippen LogP contribution in [0.1, 0.15) is 36.5 Å². The maximum Gasteiger partial charge on any atom is 0.242 e. The molecular formula is C15H22N2O3S. The first-order valence-corrected chi connectivity index (χ1v) is 8.66. The van der Waals surface area contributed by atoms with E-state index in [1.54, 1.807) is 19.1 Å². The third-order valence-electron chi connectivity index (χ3n) is 3.81. The molecule has 0 spiro atoms. The summed E-state index contributed by atoms with van der Waals surface area (Å²) in [5.41, 5.74) is 1.37. The Hall–Kier alpha value is -1.40. The van der Waals surface area contributed by atoms with Crippen molar-refractivity contribution >= 4 is 21.5 Å². The van der Waals surface area contributed by atoms with Crippen molar-refractivity contribution in [3.05, 3.63) is 23.8 Å². The molecule has 6 heteroatoms. The summed E-state index contributed by atoms with van der Waals surface area (Å²) in [7, 11) is -0.537. The molecule has 0 aromatic heterocycles. The summed E-state index contributed by atoms with van der Waals surface area (Å²) in [6.07, 6.45) is 2.58. The maximum absolute atomic E-state index is 12.2. The van der Waals surface area contributed by atoms with Gasteiger partial charge in [-0.25, -0.2) is 12.7 Å². The molecule has 1 fully saturated rings. The number of sulfonamides is 1. The van der Waals surface area contributed by atoms with Gasteiger partial charge in [-0.1, -0.05) is 6.92 Å². The lowest BCUT2D eigenvalue weighted by atomic mass is 10.1. The molecule has 0 N–H and O–H groups in total. The molecule has 1 saturated heterocycles. The lowest BCUT2D eigenvalue weighted by Gasteiger charge is -2.22. The van der Waals surface area contributed by atoms with Crippen LogP contribution in [0, 0.1) is 0 Å². The Morgan fingerprint density at radius 1 is 1.24 bits per heavy atom. The first-order valence-electron chi connectivity index (χ1n) is 7.22. The number of carbonyl (C=O) groups excluding carboxylic acids is 1. The molecule has 0 unspecified atom stereocenters. The van der Waals surface area contributed by atoms with E-state index in [2.05, 4.69) is 4.90 Å². The summed E-state index contributed by atoms with van der Waals surface area (Å²) >= 11 is 0. The molecule has 2 rings (SSSR count). The van der Waals surface area contributed by atoms with Gasteiger partial charge in [0.2, 0.25) is 10.0 Å². The summed E-state index contributed by atoms with van der Waals surface area (Å²) in [4.78, 5) is 14.5. The van der Waals surface area contributed by atoms with E-state index in [1.165, 1.54) is 20.2 Å². The third-order valence-corrected chi connectivity index (χ3v) is 5.63. The van der Waals surface area contributed by atoms with Crippen LogP contribution in [0.5, 0.6) is 0 Å². The smallest absolute Gasteiger partial charge is 0.242 e. The molecular weight excluding hydrogens is 288 g/mol. The Labute approximate surface area is 126 Å². The van der Waals surface area contributed by atoms with E-state index in [0.717, 1.165) is 35.9 Å². The monoisotopic (exact) mass is 310 g/mol. The van der Waals surface area contributed by atoms with Gasteiger partial charge < -0.3 is 4.90 Å². The predicted molar refractivity (Wildman–Crippen MR) is 83.4 cm³/mol. The molecule has 0 atom stereocenters. The molecule has 1 aliphatic rings. The predicted octanol–water partition coefficient (Wildman–Crippen LogP) is 2.13. The van der Waals surface area contributed by atoms with Crippen molar-refractivity contribution < 1.29 is 13.2 Å². The Morgan fingerprint density at radius 2 is 1.86 bits per heavy atom. The summed E-state index contributed by atoms with van der Waals surface area (Å²) in [5.74, 6) is -0.0206. The van der Waals surface area contributed by atoms with Gasteiger partial charge in [0.15, 0.2) is 5.78 Å². The molecule has 0 aliphatic carbocycles. The number of carbonyl (C=O) groups is 1. The zero-order valence-electron chi connectivity index (χ0n) is 12.8. The van der Waals surface area contributed by atoms with E-state index in [1.807, 2.05) is 0 Å². The van der Waals surface area contributed by atoms with Gasteiger partial charge in [-0.15, -0.1) is 0 Å². The number of nitrogens with zero attached hydrogens (tertiary/aromatic N) is 2. The van der Waals surface area contributed by atoms with E-state index >= 15 is 0 Å². The quantitative estimate of drug-likeness (QED) is 0.782. The normalized spacial score (nSPS) is 15.7. The van der Waals surface area contributed by atoms with E-state index in [4.69, 9.17) is 0 Å². The molecule has 5 nitrogen and oxygen atoms in total. The van der Waals surface area contributed by atoms with Gasteiger partial charge in [0.1, 0.15) is 0 Å². The van der Waals surface area contributed by atoms with Gasteiger partial charge in [-0.3, -0.25) is 4.79 Å². The largest absolute Gasteiger partial charge is 0.371 e. The topological polar surface area (TPSA) is 57.7 Å². The molecule has 21 heavy (non-hydrogen) atoms. The van der Waals surface area contributed by atoms with Crippen LogP contribution in [0.15, 0.2) is 23.1 Å². The summed E-state index contributed by atoms with van der Waals surface area (Å²) < 4.78 is 25.6. The van der Waals surface area contributed by atoms with E-state index < -0.39 is 10.0 Å². The van der Waals surface area contributed by atoms with Crippen LogP contribution in [0.25, 0.3) is 0 Å². The molecule has 1 aromatic rings. The minimum absolute atomic E-state index is 0.0206. The standard InChI is InChI=1S/C15H22N2O3S/c1-4-15(18)13-11-12(21(19,20)16(2)3)7-8-14(13)17-9-5-6-10-17/h7-8,11H,4-6,9-10H2,1-3H3. The molecule has 0 saturated carbocycles. The van der Waals surface area contributed by atoms with Crippen molar-refractivity contribution in [3.63, 3.8) is 0 Å². The second-order valence-corrected chi connectivity index (χ2v) is 7.59. The lowest BCUT2D eigenvalue weighted by Crippen LogP contribution is -2.24. The summed E-state index contributed by atoms with van der Waals surface area (Å²) in [5, 5.41) is 0. The summed E-state index contributed by atoms with van der Waals surface area (Å²) in [6, 6.07) is 4.88. The molecule has 0 bridgehead atoms. The highest BCUT2D eigenvalue weighted by atomic mass is 32.2. The Kier molecular flexibility index (Phi) is 4.68. The zero-order valence-corrected chi connectivity index (χ0v) is 13.6. The molecule has 1 aliphatic heterocycles. The Morgan fingerprint density at radius 3 is 2.38 bits per heavy atom. The number of benzene rings is 1. The van der Waals surface area contributed by atoms with Gasteiger partial charge in [0, 0.05) is 44.9 Å². The zero-order chi connectivity index (χ0) is 15.6. The molecule has 1 aromatic carbocycles. The van der Waals surface area contributed by atoms with E-state index in [0.29, 0.717) is 12.0 Å². The van der Waals surface area contributed by atoms with Crippen LogP contribution in [-0.2, 0) is 10.0 Å². The summed E-state index contributed by atoms with van der Waals surface area (Å²) in [6.45, 7) is 3.64.